The monoisotopic (exact) mass is 303 g/mol. The van der Waals surface area contributed by atoms with Crippen LogP contribution < -0.4 is 5.73 Å². The summed E-state index contributed by atoms with van der Waals surface area (Å²) in [7, 11) is 0. The third-order valence-corrected chi connectivity index (χ3v) is 4.82. The largest absolute Gasteiger partial charge is 0.320 e. The van der Waals surface area contributed by atoms with Gasteiger partial charge in [-0.15, -0.1) is 23.1 Å². The van der Waals surface area contributed by atoms with E-state index < -0.39 is 0 Å². The van der Waals surface area contributed by atoms with E-state index in [1.807, 2.05) is 30.5 Å². The van der Waals surface area contributed by atoms with Crippen molar-refractivity contribution in [2.24, 2.45) is 5.73 Å². The zero-order valence-electron chi connectivity index (χ0n) is 9.11. The van der Waals surface area contributed by atoms with Gasteiger partial charge in [0, 0.05) is 10.5 Å². The summed E-state index contributed by atoms with van der Waals surface area (Å²) in [6.45, 7) is 0. The van der Waals surface area contributed by atoms with E-state index in [1.165, 1.54) is 16.2 Å². The van der Waals surface area contributed by atoms with Crippen molar-refractivity contribution in [1.29, 1.82) is 0 Å². The number of thiophene rings is 1. The van der Waals surface area contributed by atoms with Crippen molar-refractivity contribution in [1.82, 2.24) is 0 Å². The van der Waals surface area contributed by atoms with Crippen molar-refractivity contribution in [3.63, 3.8) is 0 Å². The summed E-state index contributed by atoms with van der Waals surface area (Å²) in [5.41, 5.74) is 8.23. The van der Waals surface area contributed by atoms with Crippen LogP contribution >= 0.6 is 46.3 Å². The maximum atomic E-state index is 6.26. The van der Waals surface area contributed by atoms with Crippen LogP contribution in [0.4, 0.5) is 0 Å². The van der Waals surface area contributed by atoms with Crippen molar-refractivity contribution in [2.75, 3.05) is 6.26 Å². The number of thioether (sulfide) groups is 1. The Bertz CT molecular complexity index is 525. The lowest BCUT2D eigenvalue weighted by molar-refractivity contribution is 0.853. The smallest absolute Gasteiger partial charge is 0.0995 e. The Balaban J connectivity index is 2.43. The number of halogens is 2. The Morgan fingerprint density at radius 3 is 2.53 bits per heavy atom. The van der Waals surface area contributed by atoms with Gasteiger partial charge in [0.15, 0.2) is 0 Å². The van der Waals surface area contributed by atoms with Crippen molar-refractivity contribution >= 4 is 46.3 Å². The van der Waals surface area contributed by atoms with Crippen molar-refractivity contribution in [3.8, 4) is 0 Å². The molecule has 0 bridgehead atoms. The van der Waals surface area contributed by atoms with Gasteiger partial charge in [-0.1, -0.05) is 41.4 Å². The molecule has 5 heteroatoms. The molecule has 0 amide bonds. The summed E-state index contributed by atoms with van der Waals surface area (Å²) in [5, 5.41) is 0. The van der Waals surface area contributed by atoms with Gasteiger partial charge < -0.3 is 5.73 Å². The van der Waals surface area contributed by atoms with Gasteiger partial charge >= 0.3 is 0 Å². The molecule has 0 aliphatic heterocycles. The van der Waals surface area contributed by atoms with Gasteiger partial charge in [-0.25, -0.2) is 0 Å². The number of benzene rings is 1. The zero-order chi connectivity index (χ0) is 12.4. The minimum Gasteiger partial charge on any atom is -0.320 e. The third kappa shape index (κ3) is 2.80. The molecule has 1 aromatic carbocycles. The molecule has 0 fully saturated rings. The van der Waals surface area contributed by atoms with E-state index in [0.29, 0.717) is 8.67 Å². The molecule has 2 aromatic rings. The second kappa shape index (κ2) is 5.63. The predicted molar refractivity (Wildman–Crippen MR) is 78.6 cm³/mol. The van der Waals surface area contributed by atoms with Crippen LogP contribution in [-0.4, -0.2) is 6.26 Å². The molecular formula is C12H11Cl2NS2. The van der Waals surface area contributed by atoms with E-state index in [9.17, 15) is 0 Å². The van der Waals surface area contributed by atoms with Gasteiger partial charge in [-0.05, 0) is 24.0 Å². The molecule has 2 rings (SSSR count). The molecule has 0 saturated heterocycles. The second-order valence-electron chi connectivity index (χ2n) is 3.50. The maximum absolute atomic E-state index is 6.26. The quantitative estimate of drug-likeness (QED) is 0.822. The number of rotatable bonds is 3. The molecule has 1 atom stereocenters. The fourth-order valence-corrected chi connectivity index (χ4v) is 3.85. The van der Waals surface area contributed by atoms with E-state index in [0.717, 1.165) is 11.1 Å². The Morgan fingerprint density at radius 2 is 1.94 bits per heavy atom. The fraction of sp³-hybridized carbons (Fsp3) is 0.167. The lowest BCUT2D eigenvalue weighted by atomic mass is 10.0. The average Bonchev–Trinajstić information content (AvgIpc) is 2.67. The van der Waals surface area contributed by atoms with Crippen molar-refractivity contribution in [2.45, 2.75) is 10.9 Å². The summed E-state index contributed by atoms with van der Waals surface area (Å²) in [5.74, 6) is 0. The van der Waals surface area contributed by atoms with E-state index >= 15 is 0 Å². The summed E-state index contributed by atoms with van der Waals surface area (Å²) in [4.78, 5) is 1.17. The molecule has 2 N–H and O–H groups in total. The molecule has 1 aromatic heterocycles. The molecule has 17 heavy (non-hydrogen) atoms. The van der Waals surface area contributed by atoms with Crippen LogP contribution in [0.3, 0.4) is 0 Å². The van der Waals surface area contributed by atoms with E-state index in [4.69, 9.17) is 28.9 Å². The maximum Gasteiger partial charge on any atom is 0.0995 e. The topological polar surface area (TPSA) is 26.0 Å². The highest BCUT2D eigenvalue weighted by Crippen LogP contribution is 2.38. The van der Waals surface area contributed by atoms with Crippen LogP contribution in [0.5, 0.6) is 0 Å². The van der Waals surface area contributed by atoms with Gasteiger partial charge in [0.25, 0.3) is 0 Å². The molecular weight excluding hydrogens is 293 g/mol. The summed E-state index contributed by atoms with van der Waals surface area (Å²) in [6.07, 6.45) is 2.04. The lowest BCUT2D eigenvalue weighted by Crippen LogP contribution is -2.12. The highest BCUT2D eigenvalue weighted by Gasteiger charge is 2.17. The molecule has 0 saturated carbocycles. The van der Waals surface area contributed by atoms with E-state index in [1.54, 1.807) is 11.8 Å². The van der Waals surface area contributed by atoms with Crippen molar-refractivity contribution in [3.05, 3.63) is 50.1 Å². The highest BCUT2D eigenvalue weighted by molar-refractivity contribution is 7.98. The molecule has 1 nitrogen and oxygen atoms in total. The van der Waals surface area contributed by atoms with Crippen LogP contribution in [0, 0.1) is 0 Å². The van der Waals surface area contributed by atoms with Gasteiger partial charge in [0.1, 0.15) is 0 Å². The second-order valence-corrected chi connectivity index (χ2v) is 6.63. The zero-order valence-corrected chi connectivity index (χ0v) is 12.3. The first kappa shape index (κ1) is 13.2. The molecule has 0 radical (unpaired) electrons. The van der Waals surface area contributed by atoms with Gasteiger partial charge in [-0.2, -0.15) is 0 Å². The molecule has 90 valence electrons. The molecule has 1 unspecified atom stereocenters. The first-order valence-electron chi connectivity index (χ1n) is 4.96. The Labute approximate surface area is 119 Å². The van der Waals surface area contributed by atoms with Gasteiger partial charge in [0.05, 0.1) is 14.7 Å². The average molecular weight is 304 g/mol. The van der Waals surface area contributed by atoms with E-state index in [2.05, 4.69) is 6.07 Å². The van der Waals surface area contributed by atoms with Crippen molar-refractivity contribution < 1.29 is 0 Å². The molecule has 0 aliphatic carbocycles. The third-order valence-electron chi connectivity index (χ3n) is 2.49. The predicted octanol–water partition coefficient (Wildman–Crippen LogP) is 4.82. The number of hydrogen-bond acceptors (Lipinski definition) is 3. The Morgan fingerprint density at radius 1 is 1.24 bits per heavy atom. The Hall–Kier alpha value is -0.190. The minimum atomic E-state index is -0.227. The van der Waals surface area contributed by atoms with E-state index in [-0.39, 0.29) is 6.04 Å². The van der Waals surface area contributed by atoms with Crippen LogP contribution in [0.2, 0.25) is 8.67 Å². The number of hydrogen-bond donors (Lipinski definition) is 1. The minimum absolute atomic E-state index is 0.227. The molecule has 0 aliphatic rings. The molecule has 0 spiro atoms. The SMILES string of the molecule is CSc1ccccc1C(N)c1cc(Cl)sc1Cl. The summed E-state index contributed by atoms with van der Waals surface area (Å²) >= 11 is 15.1. The van der Waals surface area contributed by atoms with Crippen LogP contribution in [0.15, 0.2) is 35.2 Å². The fourth-order valence-electron chi connectivity index (χ4n) is 1.66. The lowest BCUT2D eigenvalue weighted by Gasteiger charge is -2.14. The Kier molecular flexibility index (Phi) is 4.39. The van der Waals surface area contributed by atoms with Gasteiger partial charge in [0.2, 0.25) is 0 Å². The summed E-state index contributed by atoms with van der Waals surface area (Å²) in [6, 6.07) is 9.69. The molecule has 1 heterocycles. The number of nitrogens with two attached hydrogens (primary N) is 1. The first-order valence-corrected chi connectivity index (χ1v) is 7.76. The van der Waals surface area contributed by atoms with Crippen LogP contribution in [0.1, 0.15) is 17.2 Å². The standard InChI is InChI=1S/C12H11Cl2NS2/c1-16-9-5-3-2-4-7(9)11(15)8-6-10(13)17-12(8)14/h2-6,11H,15H2,1H3. The van der Waals surface area contributed by atoms with Crippen LogP contribution in [0.25, 0.3) is 0 Å². The van der Waals surface area contributed by atoms with Gasteiger partial charge in [-0.3, -0.25) is 0 Å². The summed E-state index contributed by atoms with van der Waals surface area (Å²) < 4.78 is 1.33. The normalized spacial score (nSPS) is 12.7. The first-order chi connectivity index (χ1) is 8.13. The van der Waals surface area contributed by atoms with Crippen LogP contribution in [-0.2, 0) is 0 Å². The highest BCUT2D eigenvalue weighted by atomic mass is 35.5.